The summed E-state index contributed by atoms with van der Waals surface area (Å²) in [5.41, 5.74) is 0.774. The molecule has 4 fully saturated rings. The van der Waals surface area contributed by atoms with E-state index in [1.165, 1.54) is 18.4 Å². The van der Waals surface area contributed by atoms with E-state index in [0.717, 1.165) is 18.6 Å². The first-order chi connectivity index (χ1) is 15.5. The maximum Gasteiger partial charge on any atom is 0.173 e. The molecule has 0 aromatic heterocycles. The van der Waals surface area contributed by atoms with Crippen LogP contribution in [-0.2, 0) is 19.7 Å². The van der Waals surface area contributed by atoms with Gasteiger partial charge < -0.3 is 14.2 Å². The van der Waals surface area contributed by atoms with Crippen LogP contribution in [0.25, 0.3) is 0 Å². The Hall–Kier alpha value is -1.91. The Bertz CT molecular complexity index is 974. The summed E-state index contributed by atoms with van der Waals surface area (Å²) < 4.78 is 18.5. The van der Waals surface area contributed by atoms with Crippen molar-refractivity contribution in [3.63, 3.8) is 0 Å². The van der Waals surface area contributed by atoms with E-state index in [9.17, 15) is 4.79 Å². The highest BCUT2D eigenvalue weighted by Crippen LogP contribution is 2.81. The molecule has 32 heavy (non-hydrogen) atoms. The third-order valence-electron chi connectivity index (χ3n) is 9.99. The molecule has 1 saturated heterocycles. The van der Waals surface area contributed by atoms with Gasteiger partial charge in [0, 0.05) is 35.0 Å². The molecule has 1 aliphatic heterocycles. The molecule has 0 amide bonds. The summed E-state index contributed by atoms with van der Waals surface area (Å²) in [6.45, 7) is 7.64. The second-order valence-corrected chi connectivity index (χ2v) is 10.8. The highest BCUT2D eigenvalue weighted by atomic mass is 16.7. The zero-order valence-electron chi connectivity index (χ0n) is 19.3. The van der Waals surface area contributed by atoms with E-state index in [1.54, 1.807) is 7.11 Å². The maximum absolute atomic E-state index is 14.3. The van der Waals surface area contributed by atoms with Gasteiger partial charge in [-0.05, 0) is 42.4 Å². The molecule has 4 heteroatoms. The summed E-state index contributed by atoms with van der Waals surface area (Å²) in [6.07, 6.45) is 12.7. The van der Waals surface area contributed by atoms with Crippen LogP contribution in [0.4, 0.5) is 0 Å². The standard InChI is InChI=1S/C28H34O4/c1-4-7-19-18-28(31-16-17-32-28)24-22(23(19)29)27(20-8-10-21(30-3)11-9-20)15-14-26(24)13-6-5-12-25(26,27)2/h4,8-11,14-15,19,22,24H,1,5-7,12-13,16-18H2,2-3H3/t19-,22+,24-,25-,26+,27+/m0/s1. The number of hydrogen-bond acceptors (Lipinski definition) is 4. The van der Waals surface area contributed by atoms with Gasteiger partial charge >= 0.3 is 0 Å². The van der Waals surface area contributed by atoms with Crippen molar-refractivity contribution in [2.45, 2.75) is 56.7 Å². The van der Waals surface area contributed by atoms with Crippen LogP contribution >= 0.6 is 0 Å². The Morgan fingerprint density at radius 2 is 1.84 bits per heavy atom. The van der Waals surface area contributed by atoms with Crippen LogP contribution in [0.15, 0.2) is 49.1 Å². The largest absolute Gasteiger partial charge is 0.497 e. The highest BCUT2D eigenvalue weighted by molar-refractivity contribution is 5.89. The van der Waals surface area contributed by atoms with E-state index < -0.39 is 5.79 Å². The van der Waals surface area contributed by atoms with Gasteiger partial charge in [0.15, 0.2) is 5.79 Å². The van der Waals surface area contributed by atoms with Crippen molar-refractivity contribution in [1.82, 2.24) is 0 Å². The molecule has 1 spiro atoms. The normalized spacial score (nSPS) is 43.3. The Kier molecular flexibility index (Phi) is 4.40. The summed E-state index contributed by atoms with van der Waals surface area (Å²) in [6, 6.07) is 8.47. The number of ether oxygens (including phenoxy) is 3. The smallest absolute Gasteiger partial charge is 0.173 e. The average molecular weight is 435 g/mol. The van der Waals surface area contributed by atoms with Gasteiger partial charge in [0.1, 0.15) is 11.5 Å². The molecule has 6 rings (SSSR count). The quantitative estimate of drug-likeness (QED) is 0.609. The molecular weight excluding hydrogens is 400 g/mol. The summed E-state index contributed by atoms with van der Waals surface area (Å²) >= 11 is 0. The minimum atomic E-state index is -0.663. The molecule has 1 aromatic carbocycles. The lowest BCUT2D eigenvalue weighted by Crippen LogP contribution is -2.59. The first-order valence-electron chi connectivity index (χ1n) is 12.3. The minimum absolute atomic E-state index is 0.0385. The number of rotatable bonds is 4. The Morgan fingerprint density at radius 3 is 2.53 bits per heavy atom. The summed E-state index contributed by atoms with van der Waals surface area (Å²) in [7, 11) is 1.70. The number of benzene rings is 1. The van der Waals surface area contributed by atoms with Crippen molar-refractivity contribution in [2.75, 3.05) is 20.3 Å². The van der Waals surface area contributed by atoms with Gasteiger partial charge in [-0.15, -0.1) is 6.58 Å². The van der Waals surface area contributed by atoms with E-state index in [-0.39, 0.29) is 34.0 Å². The number of carbonyl (C=O) groups is 1. The first-order valence-corrected chi connectivity index (χ1v) is 12.3. The fraction of sp³-hybridized carbons (Fsp3) is 0.607. The zero-order valence-corrected chi connectivity index (χ0v) is 19.3. The van der Waals surface area contributed by atoms with Crippen LogP contribution in [0.1, 0.15) is 51.0 Å². The van der Waals surface area contributed by atoms with Crippen LogP contribution < -0.4 is 4.74 Å². The van der Waals surface area contributed by atoms with E-state index in [4.69, 9.17) is 14.2 Å². The van der Waals surface area contributed by atoms with E-state index >= 15 is 0 Å². The first kappa shape index (κ1) is 20.7. The van der Waals surface area contributed by atoms with E-state index in [0.29, 0.717) is 31.8 Å². The number of fused-ring (bicyclic) bond motifs is 3. The second kappa shape index (κ2) is 6.80. The van der Waals surface area contributed by atoms with Gasteiger partial charge in [0.05, 0.1) is 20.3 Å². The summed E-state index contributed by atoms with van der Waals surface area (Å²) in [4.78, 5) is 14.3. The van der Waals surface area contributed by atoms with Gasteiger partial charge in [-0.3, -0.25) is 4.79 Å². The van der Waals surface area contributed by atoms with Crippen molar-refractivity contribution < 1.29 is 19.0 Å². The number of methoxy groups -OCH3 is 1. The molecule has 6 atom stereocenters. The molecular formula is C28H34O4. The van der Waals surface area contributed by atoms with Crippen molar-refractivity contribution in [2.24, 2.45) is 28.6 Å². The van der Waals surface area contributed by atoms with E-state index in [2.05, 4.69) is 37.8 Å². The fourth-order valence-corrected chi connectivity index (χ4v) is 8.83. The van der Waals surface area contributed by atoms with E-state index in [1.807, 2.05) is 18.2 Å². The number of allylic oxidation sites excluding steroid dienone is 3. The number of carbonyl (C=O) groups excluding carboxylic acids is 1. The predicted molar refractivity (Wildman–Crippen MR) is 122 cm³/mol. The highest BCUT2D eigenvalue weighted by Gasteiger charge is 2.82. The molecule has 1 aromatic rings. The lowest BCUT2D eigenvalue weighted by molar-refractivity contribution is -0.249. The Morgan fingerprint density at radius 1 is 1.12 bits per heavy atom. The van der Waals surface area contributed by atoms with Gasteiger partial charge in [-0.25, -0.2) is 0 Å². The predicted octanol–water partition coefficient (Wildman–Crippen LogP) is 5.22. The molecule has 1 heterocycles. The third kappa shape index (κ3) is 2.19. The van der Waals surface area contributed by atoms with Gasteiger partial charge in [-0.2, -0.15) is 0 Å². The monoisotopic (exact) mass is 434 g/mol. The average Bonchev–Trinajstić information content (AvgIpc) is 3.44. The Balaban J connectivity index is 1.61. The number of ketones is 1. The SMILES string of the molecule is C=CC[C@H]1CC2(OCCO2)[C@H]2[C@@H](C1=O)[C@]1(c3ccc(OC)cc3)C=C[C@]23CCCC[C@@]31C. The number of Topliss-reactive ketones (excluding diaryl/α,β-unsaturated/α-hetero) is 1. The topological polar surface area (TPSA) is 44.8 Å². The zero-order chi connectivity index (χ0) is 22.2. The molecule has 0 N–H and O–H groups in total. The molecule has 4 aliphatic carbocycles. The van der Waals surface area contributed by atoms with Crippen molar-refractivity contribution in [3.05, 3.63) is 54.6 Å². The molecule has 0 radical (unpaired) electrons. The van der Waals surface area contributed by atoms with Crippen LogP contribution in [0.3, 0.4) is 0 Å². The van der Waals surface area contributed by atoms with Crippen LogP contribution in [0, 0.1) is 28.6 Å². The van der Waals surface area contributed by atoms with Gasteiger partial charge in [-0.1, -0.05) is 50.1 Å². The third-order valence-corrected chi connectivity index (χ3v) is 9.99. The van der Waals surface area contributed by atoms with Crippen molar-refractivity contribution in [1.29, 1.82) is 0 Å². The summed E-state index contributed by atoms with van der Waals surface area (Å²) in [5.74, 6) is 0.389. The lowest BCUT2D eigenvalue weighted by atomic mass is 9.52. The second-order valence-electron chi connectivity index (χ2n) is 10.8. The minimum Gasteiger partial charge on any atom is -0.497 e. The van der Waals surface area contributed by atoms with Crippen LogP contribution in [0.5, 0.6) is 5.75 Å². The van der Waals surface area contributed by atoms with Crippen LogP contribution in [0.2, 0.25) is 0 Å². The van der Waals surface area contributed by atoms with Gasteiger partial charge in [0.25, 0.3) is 0 Å². The van der Waals surface area contributed by atoms with Crippen molar-refractivity contribution in [3.8, 4) is 5.75 Å². The van der Waals surface area contributed by atoms with Crippen LogP contribution in [-0.4, -0.2) is 31.9 Å². The van der Waals surface area contributed by atoms with Gasteiger partial charge in [0.2, 0.25) is 0 Å². The molecule has 3 saturated carbocycles. The molecule has 170 valence electrons. The molecule has 0 unspecified atom stereocenters. The maximum atomic E-state index is 14.3. The molecule has 2 bridgehead atoms. The molecule has 4 nitrogen and oxygen atoms in total. The van der Waals surface area contributed by atoms with Crippen molar-refractivity contribution >= 4 is 5.78 Å². The fourth-order valence-electron chi connectivity index (χ4n) is 8.83. The Labute approximate surface area is 191 Å². The summed E-state index contributed by atoms with van der Waals surface area (Å²) in [5, 5.41) is 0. The number of hydrogen-bond donors (Lipinski definition) is 0. The lowest BCUT2D eigenvalue weighted by Gasteiger charge is -2.53. The molecule has 5 aliphatic rings.